The molecule has 3 aromatic carbocycles. The zero-order chi connectivity index (χ0) is 37.5. The lowest BCUT2D eigenvalue weighted by Gasteiger charge is -2.37. The van der Waals surface area contributed by atoms with Crippen molar-refractivity contribution in [2.45, 2.75) is 62.6 Å². The molecule has 0 radical (unpaired) electrons. The van der Waals surface area contributed by atoms with E-state index in [0.29, 0.717) is 5.92 Å². The Balaban J connectivity index is 0.892. The molecular weight excluding hydrogens is 701 g/mol. The van der Waals surface area contributed by atoms with Crippen LogP contribution in [0.1, 0.15) is 65.1 Å². The summed E-state index contributed by atoms with van der Waals surface area (Å²) in [6.45, 7) is 0. The summed E-state index contributed by atoms with van der Waals surface area (Å²) in [5.41, 5.74) is 12.3. The number of benzene rings is 3. The van der Waals surface area contributed by atoms with Crippen LogP contribution in [0.4, 0.5) is 0 Å². The van der Waals surface area contributed by atoms with Gasteiger partial charge >= 0.3 is 0 Å². The molecule has 6 nitrogen and oxygen atoms in total. The van der Waals surface area contributed by atoms with Crippen molar-refractivity contribution in [1.82, 2.24) is 15.2 Å². The minimum atomic E-state index is -0.221. The van der Waals surface area contributed by atoms with Gasteiger partial charge in [-0.1, -0.05) is 115 Å². The van der Waals surface area contributed by atoms with Gasteiger partial charge < -0.3 is 19.0 Å². The quantitative estimate of drug-likeness (QED) is 0.188. The van der Waals surface area contributed by atoms with Crippen LogP contribution < -0.4 is 10.6 Å². The van der Waals surface area contributed by atoms with Crippen LogP contribution in [0.15, 0.2) is 161 Å². The van der Waals surface area contributed by atoms with E-state index in [-0.39, 0.29) is 36.4 Å². The van der Waals surface area contributed by atoms with E-state index in [4.69, 9.17) is 14.1 Å². The van der Waals surface area contributed by atoms with Gasteiger partial charge in [0.05, 0.1) is 17.7 Å². The number of aryl methyl sites for hydroxylation is 2. The highest BCUT2D eigenvalue weighted by molar-refractivity contribution is 6.03. The fourth-order valence-corrected chi connectivity index (χ4v) is 10.5. The topological polar surface area (TPSA) is 63.7 Å². The molecule has 0 bridgehead atoms. The average molecular weight is 745 g/mol. The second-order valence-electron chi connectivity index (χ2n) is 16.3. The first kappa shape index (κ1) is 33.2. The molecule has 1 saturated heterocycles. The van der Waals surface area contributed by atoms with Gasteiger partial charge in [0.1, 0.15) is 29.5 Å². The molecule has 12 rings (SSSR count). The number of aromatic nitrogens is 1. The summed E-state index contributed by atoms with van der Waals surface area (Å²) in [4.78, 5) is 5.43. The molecule has 7 aliphatic rings. The highest BCUT2D eigenvalue weighted by atomic mass is 16.5. The Morgan fingerprint density at radius 3 is 2.63 bits per heavy atom. The van der Waals surface area contributed by atoms with Crippen LogP contribution in [0.25, 0.3) is 39.2 Å². The average Bonchev–Trinajstić information content (AvgIpc) is 3.96. The largest absolute Gasteiger partial charge is 0.460 e. The lowest BCUT2D eigenvalue weighted by Crippen LogP contribution is -2.53. The molecule has 57 heavy (non-hydrogen) atoms. The number of fused-ring (bicyclic) bond motifs is 9. The van der Waals surface area contributed by atoms with Crippen LogP contribution in [0.5, 0.6) is 0 Å². The number of nitrogens with one attached hydrogen (secondary N) is 2. The molecule has 0 amide bonds. The molecule has 1 fully saturated rings. The zero-order valence-corrected chi connectivity index (χ0v) is 31.7. The van der Waals surface area contributed by atoms with Gasteiger partial charge in [-0.25, -0.2) is 4.99 Å². The molecule has 5 aromatic rings. The number of hydrogen-bond acceptors (Lipinski definition) is 5. The van der Waals surface area contributed by atoms with Crippen molar-refractivity contribution in [3.05, 3.63) is 185 Å². The summed E-state index contributed by atoms with van der Waals surface area (Å²) in [6.07, 6.45) is 34.3. The van der Waals surface area contributed by atoms with E-state index >= 15 is 0 Å². The number of ether oxygens (including phenoxy) is 1. The number of allylic oxidation sites excluding steroid dienone is 10. The lowest BCUT2D eigenvalue weighted by atomic mass is 9.77. The standard InChI is InChI=1S/C51H44N4O2/c1-3-13-31(14-4-1)33-25-28-42-40(29-33)35-17-7-9-21-41(35)55(42)34-26-27-37-46(30-34)57-45-24-12-20-39(48(37)45)51-53-49(32-15-5-2-6-16-32)52-50(54-51)38-19-11-23-44-47(38)36-18-8-10-22-43(36)56-44/h1-6,8-10,12-13,15-16,18-22,24-31,37,45-46,48-50,52H,7,11,14,17,23H2,(H,53,54). The Morgan fingerprint density at radius 1 is 0.772 bits per heavy atom. The SMILES string of the molecule is C1=CCC(c2ccc3c(c2)c2c(n3C3=CC4OC5C=CC=C(C6=NC(c7ccccc7)NC(C7=CCCc8oc9ccccc9c87)N6)C5C4C=C3)C=CCC2)C=C1. The first-order valence-corrected chi connectivity index (χ1v) is 20.7. The van der Waals surface area contributed by atoms with Crippen molar-refractivity contribution < 1.29 is 9.15 Å². The van der Waals surface area contributed by atoms with E-state index in [2.05, 4.69) is 167 Å². The summed E-state index contributed by atoms with van der Waals surface area (Å²) in [5.74, 6) is 2.71. The minimum absolute atomic E-state index is 0.0537. The molecule has 2 aromatic heterocycles. The normalized spacial score (nSPS) is 28.2. The molecule has 7 atom stereocenters. The van der Waals surface area contributed by atoms with E-state index in [9.17, 15) is 0 Å². The maximum absolute atomic E-state index is 6.99. The third-order valence-electron chi connectivity index (χ3n) is 13.1. The van der Waals surface area contributed by atoms with Gasteiger partial charge in [-0.05, 0) is 84.4 Å². The van der Waals surface area contributed by atoms with E-state index in [1.54, 1.807) is 0 Å². The maximum Gasteiger partial charge on any atom is 0.134 e. The van der Waals surface area contributed by atoms with E-state index in [1.165, 1.54) is 50.1 Å². The van der Waals surface area contributed by atoms with Crippen LogP contribution in [0.2, 0.25) is 0 Å². The van der Waals surface area contributed by atoms with Crippen LogP contribution in [0.3, 0.4) is 0 Å². The van der Waals surface area contributed by atoms with E-state index < -0.39 is 0 Å². The number of amidine groups is 1. The van der Waals surface area contributed by atoms with Crippen LogP contribution in [-0.2, 0) is 17.6 Å². The smallest absolute Gasteiger partial charge is 0.134 e. The van der Waals surface area contributed by atoms with Crippen molar-refractivity contribution in [2.75, 3.05) is 0 Å². The lowest BCUT2D eigenvalue weighted by molar-refractivity contribution is 0.0881. The molecule has 2 N–H and O–H groups in total. The highest BCUT2D eigenvalue weighted by Gasteiger charge is 2.47. The Kier molecular flexibility index (Phi) is 7.77. The van der Waals surface area contributed by atoms with Gasteiger partial charge in [-0.3, -0.25) is 5.32 Å². The Bertz CT molecular complexity index is 2750. The molecule has 7 unspecified atom stereocenters. The predicted octanol–water partition coefficient (Wildman–Crippen LogP) is 10.5. The number of para-hydroxylation sites is 1. The van der Waals surface area contributed by atoms with Crippen LogP contribution in [-0.4, -0.2) is 28.8 Å². The Hall–Kier alpha value is -5.95. The van der Waals surface area contributed by atoms with Gasteiger partial charge in [0.15, 0.2) is 0 Å². The monoisotopic (exact) mass is 744 g/mol. The van der Waals surface area contributed by atoms with E-state index in [0.717, 1.165) is 60.2 Å². The summed E-state index contributed by atoms with van der Waals surface area (Å²) >= 11 is 0. The van der Waals surface area contributed by atoms with Gasteiger partial charge in [0, 0.05) is 57.5 Å². The van der Waals surface area contributed by atoms with Gasteiger partial charge in [-0.15, -0.1) is 0 Å². The Labute approximate surface area is 332 Å². The maximum atomic E-state index is 6.99. The van der Waals surface area contributed by atoms with Gasteiger partial charge in [0.25, 0.3) is 0 Å². The Morgan fingerprint density at radius 2 is 1.70 bits per heavy atom. The number of furan rings is 1. The van der Waals surface area contributed by atoms with Crippen molar-refractivity contribution in [3.8, 4) is 0 Å². The summed E-state index contributed by atoms with van der Waals surface area (Å²) in [7, 11) is 0. The van der Waals surface area contributed by atoms with Crippen LogP contribution >= 0.6 is 0 Å². The molecule has 280 valence electrons. The fourth-order valence-electron chi connectivity index (χ4n) is 10.5. The van der Waals surface area contributed by atoms with Crippen molar-refractivity contribution in [1.29, 1.82) is 0 Å². The first-order chi connectivity index (χ1) is 28.2. The minimum Gasteiger partial charge on any atom is -0.460 e. The highest BCUT2D eigenvalue weighted by Crippen LogP contribution is 2.47. The predicted molar refractivity (Wildman–Crippen MR) is 230 cm³/mol. The molecule has 0 saturated carbocycles. The third-order valence-corrected chi connectivity index (χ3v) is 13.1. The second kappa shape index (κ2) is 13.3. The first-order valence-electron chi connectivity index (χ1n) is 20.7. The summed E-state index contributed by atoms with van der Waals surface area (Å²) < 4.78 is 15.9. The third kappa shape index (κ3) is 5.42. The molecule has 2 aliphatic heterocycles. The van der Waals surface area contributed by atoms with Gasteiger partial charge in [0.2, 0.25) is 0 Å². The molecule has 4 heterocycles. The second-order valence-corrected chi connectivity index (χ2v) is 16.3. The molecule has 5 aliphatic carbocycles. The number of nitrogens with zero attached hydrogens (tertiary/aromatic N) is 2. The van der Waals surface area contributed by atoms with Gasteiger partial charge in [-0.2, -0.15) is 0 Å². The van der Waals surface area contributed by atoms with Crippen molar-refractivity contribution in [3.63, 3.8) is 0 Å². The fraction of sp³-hybridized carbons (Fsp3) is 0.235. The summed E-state index contributed by atoms with van der Waals surface area (Å²) in [6, 6.07) is 26.2. The van der Waals surface area contributed by atoms with Crippen molar-refractivity contribution in [2.24, 2.45) is 16.8 Å². The molecular formula is C51H44N4O2. The number of aliphatic imine (C=N–C) groups is 1. The number of rotatable bonds is 5. The van der Waals surface area contributed by atoms with Crippen LogP contribution in [0, 0.1) is 11.8 Å². The number of hydrogen-bond donors (Lipinski definition) is 2. The van der Waals surface area contributed by atoms with E-state index in [1.807, 2.05) is 0 Å². The zero-order valence-electron chi connectivity index (χ0n) is 31.7. The summed E-state index contributed by atoms with van der Waals surface area (Å²) in [5, 5.41) is 10.3. The molecule has 6 heteroatoms. The van der Waals surface area contributed by atoms with Crippen molar-refractivity contribution >= 4 is 45.1 Å². The molecule has 0 spiro atoms.